The number of amides is 1. The van der Waals surface area contributed by atoms with Crippen LogP contribution in [0.5, 0.6) is 5.75 Å². The van der Waals surface area contributed by atoms with Crippen LogP contribution >= 0.6 is 11.6 Å². The lowest BCUT2D eigenvalue weighted by Crippen LogP contribution is -2.42. The van der Waals surface area contributed by atoms with Crippen molar-refractivity contribution < 1.29 is 17.9 Å². The summed E-state index contributed by atoms with van der Waals surface area (Å²) in [6.07, 6.45) is 0. The molecule has 198 valence electrons. The zero-order valence-corrected chi connectivity index (χ0v) is 24.0. The maximum Gasteiger partial charge on any atom is 0.264 e. The van der Waals surface area contributed by atoms with Crippen molar-refractivity contribution in [1.29, 1.82) is 0 Å². The molecule has 1 atom stereocenters. The first-order valence-corrected chi connectivity index (χ1v) is 14.0. The topological polar surface area (TPSA) is 75.7 Å². The first kappa shape index (κ1) is 28.5. The highest BCUT2D eigenvalue weighted by molar-refractivity contribution is 7.92. The van der Waals surface area contributed by atoms with Crippen molar-refractivity contribution in [2.75, 3.05) is 18.0 Å². The molecule has 0 aliphatic rings. The van der Waals surface area contributed by atoms with Crippen molar-refractivity contribution in [3.05, 3.63) is 87.4 Å². The Hall–Kier alpha value is -3.03. The van der Waals surface area contributed by atoms with E-state index in [0.717, 1.165) is 32.3 Å². The molecule has 8 heteroatoms. The van der Waals surface area contributed by atoms with Gasteiger partial charge < -0.3 is 10.1 Å². The van der Waals surface area contributed by atoms with Gasteiger partial charge in [0.15, 0.2) is 0 Å². The Labute approximate surface area is 225 Å². The van der Waals surface area contributed by atoms with E-state index in [0.29, 0.717) is 16.3 Å². The lowest BCUT2D eigenvalue weighted by Gasteiger charge is -2.27. The van der Waals surface area contributed by atoms with Crippen molar-refractivity contribution in [3.63, 3.8) is 0 Å². The van der Waals surface area contributed by atoms with E-state index in [1.807, 2.05) is 32.9 Å². The standard InChI is InChI=1S/C29H35ClN2O4S/c1-18(2)25-16-26(21(5)14-28(25)36-7)22(6)31-29(33)17-32(27-15-23(30)11-10-20(27)4)37(34,35)24-12-8-19(3)9-13-24/h8-16,18,22H,17H2,1-7H3,(H,31,33)/t22-/m1/s1. The van der Waals surface area contributed by atoms with Gasteiger partial charge in [-0.25, -0.2) is 8.42 Å². The predicted octanol–water partition coefficient (Wildman–Crippen LogP) is 6.47. The zero-order chi connectivity index (χ0) is 27.5. The summed E-state index contributed by atoms with van der Waals surface area (Å²) in [4.78, 5) is 13.4. The second-order valence-corrected chi connectivity index (χ2v) is 11.9. The number of sulfonamides is 1. The third-order valence-electron chi connectivity index (χ3n) is 6.42. The van der Waals surface area contributed by atoms with E-state index in [9.17, 15) is 13.2 Å². The minimum Gasteiger partial charge on any atom is -0.496 e. The molecule has 0 bridgehead atoms. The lowest BCUT2D eigenvalue weighted by molar-refractivity contribution is -0.120. The number of anilines is 1. The van der Waals surface area contributed by atoms with Crippen molar-refractivity contribution in [2.45, 2.75) is 58.4 Å². The fraction of sp³-hybridized carbons (Fsp3) is 0.345. The molecule has 0 saturated heterocycles. The maximum absolute atomic E-state index is 13.7. The van der Waals surface area contributed by atoms with Crippen molar-refractivity contribution >= 4 is 33.2 Å². The van der Waals surface area contributed by atoms with E-state index in [4.69, 9.17) is 16.3 Å². The van der Waals surface area contributed by atoms with Crippen LogP contribution in [-0.4, -0.2) is 28.0 Å². The number of carbonyl (C=O) groups excluding carboxylic acids is 1. The highest BCUT2D eigenvalue weighted by atomic mass is 35.5. The second kappa shape index (κ2) is 11.6. The molecule has 0 saturated carbocycles. The minimum absolute atomic E-state index is 0.103. The summed E-state index contributed by atoms with van der Waals surface area (Å²) in [6.45, 7) is 11.3. The summed E-state index contributed by atoms with van der Waals surface area (Å²) in [7, 11) is -2.40. The predicted molar refractivity (Wildman–Crippen MR) is 150 cm³/mol. The van der Waals surface area contributed by atoms with Crippen LogP contribution in [0.2, 0.25) is 5.02 Å². The number of carbonyl (C=O) groups is 1. The summed E-state index contributed by atoms with van der Waals surface area (Å²) in [6, 6.07) is 15.2. The fourth-order valence-electron chi connectivity index (χ4n) is 4.29. The highest BCUT2D eigenvalue weighted by Crippen LogP contribution is 2.33. The van der Waals surface area contributed by atoms with Crippen LogP contribution in [-0.2, 0) is 14.8 Å². The molecule has 3 rings (SSSR count). The SMILES string of the molecule is COc1cc(C)c([C@@H](C)NC(=O)CN(c2cc(Cl)ccc2C)S(=O)(=O)c2ccc(C)cc2)cc1C(C)C. The molecule has 0 fully saturated rings. The Morgan fingerprint density at radius 2 is 1.59 bits per heavy atom. The van der Waals surface area contributed by atoms with E-state index in [-0.39, 0.29) is 16.9 Å². The monoisotopic (exact) mass is 542 g/mol. The number of hydrogen-bond acceptors (Lipinski definition) is 4. The quantitative estimate of drug-likeness (QED) is 0.336. The number of methoxy groups -OCH3 is 1. The number of nitrogens with one attached hydrogen (secondary N) is 1. The van der Waals surface area contributed by atoms with E-state index >= 15 is 0 Å². The van der Waals surface area contributed by atoms with Crippen LogP contribution in [0.3, 0.4) is 0 Å². The van der Waals surface area contributed by atoms with Crippen LogP contribution in [0.25, 0.3) is 0 Å². The van der Waals surface area contributed by atoms with Crippen molar-refractivity contribution in [3.8, 4) is 5.75 Å². The van der Waals surface area contributed by atoms with E-state index in [1.54, 1.807) is 56.5 Å². The van der Waals surface area contributed by atoms with E-state index < -0.39 is 22.5 Å². The summed E-state index contributed by atoms with van der Waals surface area (Å²) in [5, 5.41) is 3.37. The number of benzene rings is 3. The third kappa shape index (κ3) is 6.46. The number of nitrogens with zero attached hydrogens (tertiary/aromatic N) is 1. The van der Waals surface area contributed by atoms with Crippen LogP contribution in [0, 0.1) is 20.8 Å². The number of hydrogen-bond donors (Lipinski definition) is 1. The van der Waals surface area contributed by atoms with Gasteiger partial charge in [-0.15, -0.1) is 0 Å². The van der Waals surface area contributed by atoms with E-state index in [1.165, 1.54) is 0 Å². The van der Waals surface area contributed by atoms with Crippen molar-refractivity contribution in [2.24, 2.45) is 0 Å². The van der Waals surface area contributed by atoms with Gasteiger partial charge in [-0.1, -0.05) is 49.2 Å². The Kier molecular flexibility index (Phi) is 8.92. The Balaban J connectivity index is 1.96. The van der Waals surface area contributed by atoms with Crippen LogP contribution < -0.4 is 14.4 Å². The fourth-order valence-corrected chi connectivity index (χ4v) is 5.94. The minimum atomic E-state index is -4.04. The molecule has 1 N–H and O–H groups in total. The van der Waals surface area contributed by atoms with Gasteiger partial charge in [-0.2, -0.15) is 0 Å². The zero-order valence-electron chi connectivity index (χ0n) is 22.4. The maximum atomic E-state index is 13.7. The molecule has 3 aromatic rings. The van der Waals surface area contributed by atoms with Crippen LogP contribution in [0.4, 0.5) is 5.69 Å². The molecular formula is C29H35ClN2O4S. The van der Waals surface area contributed by atoms with Gasteiger partial charge in [-0.05, 0) is 92.3 Å². The Morgan fingerprint density at radius 1 is 0.946 bits per heavy atom. The lowest BCUT2D eigenvalue weighted by atomic mass is 9.93. The van der Waals surface area contributed by atoms with Gasteiger partial charge in [0.1, 0.15) is 12.3 Å². The number of aryl methyl sites for hydroxylation is 3. The Bertz CT molecular complexity index is 1390. The molecule has 0 heterocycles. The molecule has 0 unspecified atom stereocenters. The second-order valence-electron chi connectivity index (χ2n) is 9.65. The van der Waals surface area contributed by atoms with E-state index in [2.05, 4.69) is 19.2 Å². The summed E-state index contributed by atoms with van der Waals surface area (Å²) < 4.78 is 34.1. The highest BCUT2D eigenvalue weighted by Gasteiger charge is 2.29. The molecule has 0 aliphatic heterocycles. The molecule has 1 amide bonds. The molecule has 0 aliphatic carbocycles. The normalized spacial score (nSPS) is 12.4. The molecule has 3 aromatic carbocycles. The summed E-state index contributed by atoms with van der Waals surface area (Å²) in [5.41, 5.74) is 4.95. The molecular weight excluding hydrogens is 508 g/mol. The van der Waals surface area contributed by atoms with Gasteiger partial charge in [0, 0.05) is 5.02 Å². The summed E-state index contributed by atoms with van der Waals surface area (Å²) >= 11 is 6.23. The number of ether oxygens (including phenoxy) is 1. The molecule has 0 radical (unpaired) electrons. The van der Waals surface area contributed by atoms with Crippen LogP contribution in [0.1, 0.15) is 60.5 Å². The molecule has 6 nitrogen and oxygen atoms in total. The van der Waals surface area contributed by atoms with Gasteiger partial charge in [0.05, 0.1) is 23.7 Å². The van der Waals surface area contributed by atoms with Gasteiger partial charge in [-0.3, -0.25) is 9.10 Å². The largest absolute Gasteiger partial charge is 0.496 e. The third-order valence-corrected chi connectivity index (χ3v) is 8.43. The van der Waals surface area contributed by atoms with Gasteiger partial charge >= 0.3 is 0 Å². The molecule has 0 aromatic heterocycles. The van der Waals surface area contributed by atoms with Gasteiger partial charge in [0.25, 0.3) is 10.0 Å². The first-order chi connectivity index (χ1) is 17.3. The van der Waals surface area contributed by atoms with Crippen molar-refractivity contribution in [1.82, 2.24) is 5.32 Å². The molecule has 0 spiro atoms. The average molecular weight is 543 g/mol. The smallest absolute Gasteiger partial charge is 0.264 e. The summed E-state index contributed by atoms with van der Waals surface area (Å²) in [5.74, 6) is 0.614. The van der Waals surface area contributed by atoms with Gasteiger partial charge in [0.2, 0.25) is 5.91 Å². The first-order valence-electron chi connectivity index (χ1n) is 12.2. The molecule has 37 heavy (non-hydrogen) atoms. The van der Waals surface area contributed by atoms with Crippen LogP contribution in [0.15, 0.2) is 59.5 Å². The number of rotatable bonds is 9. The average Bonchev–Trinajstić information content (AvgIpc) is 2.83. The number of halogens is 1. The Morgan fingerprint density at radius 3 is 2.19 bits per heavy atom.